The lowest BCUT2D eigenvalue weighted by molar-refractivity contribution is 0.234. The Morgan fingerprint density at radius 3 is 1.92 bits per heavy atom. The van der Waals surface area contributed by atoms with E-state index in [-0.39, 0.29) is 12.5 Å². The van der Waals surface area contributed by atoms with Crippen LogP contribution in [-0.4, -0.2) is 19.6 Å². The van der Waals surface area contributed by atoms with E-state index < -0.39 is 10.4 Å². The quantitative estimate of drug-likeness (QED) is 0.169. The summed E-state index contributed by atoms with van der Waals surface area (Å²) in [5, 5.41) is 0. The monoisotopic (exact) mass is 376 g/mol. The average molecular weight is 377 g/mol. The van der Waals surface area contributed by atoms with Crippen molar-refractivity contribution in [2.45, 2.75) is 104 Å². The van der Waals surface area contributed by atoms with Crippen molar-refractivity contribution >= 4 is 10.4 Å². The summed E-state index contributed by atoms with van der Waals surface area (Å²) in [6, 6.07) is 0. The third kappa shape index (κ3) is 19.8. The fourth-order valence-corrected chi connectivity index (χ4v) is 3.27. The lowest BCUT2D eigenvalue weighted by Crippen LogP contribution is -2.12. The van der Waals surface area contributed by atoms with E-state index in [1.165, 1.54) is 70.6 Å². The molecule has 4 nitrogen and oxygen atoms in total. The Bertz CT molecular complexity index is 404. The van der Waals surface area contributed by atoms with Crippen LogP contribution in [0.1, 0.15) is 104 Å². The third-order valence-electron chi connectivity index (χ3n) is 4.49. The Morgan fingerprint density at radius 2 is 1.36 bits per heavy atom. The van der Waals surface area contributed by atoms with Gasteiger partial charge in [-0.2, -0.15) is 8.42 Å². The zero-order valence-corrected chi connectivity index (χ0v) is 17.2. The molecular formula is C20H40O4S. The molecule has 0 saturated carbocycles. The van der Waals surface area contributed by atoms with E-state index in [4.69, 9.17) is 4.55 Å². The van der Waals surface area contributed by atoms with Crippen molar-refractivity contribution in [1.82, 2.24) is 0 Å². The van der Waals surface area contributed by atoms with Crippen LogP contribution < -0.4 is 0 Å². The van der Waals surface area contributed by atoms with Gasteiger partial charge in [-0.05, 0) is 19.3 Å². The highest BCUT2D eigenvalue weighted by atomic mass is 32.3. The summed E-state index contributed by atoms with van der Waals surface area (Å²) in [6.07, 6.45) is 21.1. The zero-order valence-electron chi connectivity index (χ0n) is 16.4. The molecule has 0 aromatic carbocycles. The van der Waals surface area contributed by atoms with E-state index in [1.807, 2.05) is 0 Å². The predicted octanol–water partition coefficient (Wildman–Crippen LogP) is 6.48. The van der Waals surface area contributed by atoms with Crippen LogP contribution in [0.5, 0.6) is 0 Å². The molecule has 0 aliphatic heterocycles. The Balaban J connectivity index is 4.01. The van der Waals surface area contributed by atoms with E-state index in [0.29, 0.717) is 0 Å². The molecule has 1 unspecified atom stereocenters. The van der Waals surface area contributed by atoms with Crippen LogP contribution in [0.15, 0.2) is 12.2 Å². The predicted molar refractivity (Wildman–Crippen MR) is 106 cm³/mol. The van der Waals surface area contributed by atoms with Gasteiger partial charge in [-0.3, -0.25) is 4.55 Å². The van der Waals surface area contributed by atoms with Crippen LogP contribution in [0.25, 0.3) is 0 Å². The van der Waals surface area contributed by atoms with Gasteiger partial charge in [-0.1, -0.05) is 96.6 Å². The summed E-state index contributed by atoms with van der Waals surface area (Å²) in [6.45, 7) is 4.47. The number of hydrogen-bond donors (Lipinski definition) is 1. The highest BCUT2D eigenvalue weighted by Gasteiger charge is 2.11. The molecule has 0 aromatic rings. The molecule has 0 aromatic heterocycles. The first-order valence-electron chi connectivity index (χ1n) is 10.3. The number of hydrogen-bond acceptors (Lipinski definition) is 3. The maximum absolute atomic E-state index is 10.8. The summed E-state index contributed by atoms with van der Waals surface area (Å²) in [5.41, 5.74) is 0. The van der Waals surface area contributed by atoms with Crippen LogP contribution in [0, 0.1) is 5.92 Å². The van der Waals surface area contributed by atoms with Crippen molar-refractivity contribution in [2.24, 2.45) is 5.92 Å². The highest BCUT2D eigenvalue weighted by Crippen LogP contribution is 2.16. The summed E-state index contributed by atoms with van der Waals surface area (Å²) in [4.78, 5) is 0. The van der Waals surface area contributed by atoms with Gasteiger partial charge >= 0.3 is 10.4 Å². The van der Waals surface area contributed by atoms with E-state index in [2.05, 4.69) is 30.2 Å². The molecule has 0 aliphatic rings. The summed E-state index contributed by atoms with van der Waals surface area (Å²) in [7, 11) is -4.34. The second kappa shape index (κ2) is 17.0. The molecule has 0 heterocycles. The maximum Gasteiger partial charge on any atom is 0.397 e. The van der Waals surface area contributed by atoms with Crippen molar-refractivity contribution in [2.75, 3.05) is 6.61 Å². The van der Waals surface area contributed by atoms with Gasteiger partial charge in [0.25, 0.3) is 0 Å². The van der Waals surface area contributed by atoms with E-state index in [9.17, 15) is 8.42 Å². The lowest BCUT2D eigenvalue weighted by atomic mass is 9.99. The molecule has 0 spiro atoms. The second-order valence-corrected chi connectivity index (χ2v) is 8.10. The molecule has 0 amide bonds. The van der Waals surface area contributed by atoms with Crippen LogP contribution >= 0.6 is 0 Å². The van der Waals surface area contributed by atoms with Crippen molar-refractivity contribution in [3.63, 3.8) is 0 Å². The minimum absolute atomic E-state index is 0.0427. The van der Waals surface area contributed by atoms with Gasteiger partial charge in [0.1, 0.15) is 0 Å². The Labute approximate surface area is 156 Å². The molecule has 1 atom stereocenters. The molecular weight excluding hydrogens is 336 g/mol. The smallest absolute Gasteiger partial charge is 0.264 e. The molecule has 0 bridgehead atoms. The first-order chi connectivity index (χ1) is 12.0. The number of allylic oxidation sites excluding steroid dienone is 1. The summed E-state index contributed by atoms with van der Waals surface area (Å²) in [5.74, 6) is 0.0632. The second-order valence-electron chi connectivity index (χ2n) is 7.01. The number of unbranched alkanes of at least 4 members (excludes halogenated alkanes) is 11. The summed E-state index contributed by atoms with van der Waals surface area (Å²) >= 11 is 0. The van der Waals surface area contributed by atoms with Gasteiger partial charge in [0.2, 0.25) is 0 Å². The Kier molecular flexibility index (Phi) is 16.8. The van der Waals surface area contributed by atoms with Gasteiger partial charge in [0.15, 0.2) is 0 Å². The van der Waals surface area contributed by atoms with E-state index in [0.717, 1.165) is 19.3 Å². The SMILES string of the molecule is CCCCCCC/C=C/C(CCCCCCCCC)COS(=O)(=O)O. The molecule has 0 rings (SSSR count). The van der Waals surface area contributed by atoms with Gasteiger partial charge < -0.3 is 0 Å². The maximum atomic E-state index is 10.8. The summed E-state index contributed by atoms with van der Waals surface area (Å²) < 4.78 is 35.0. The van der Waals surface area contributed by atoms with Gasteiger partial charge in [0, 0.05) is 5.92 Å². The van der Waals surface area contributed by atoms with Gasteiger partial charge in [0.05, 0.1) is 6.61 Å². The van der Waals surface area contributed by atoms with Crippen LogP contribution in [-0.2, 0) is 14.6 Å². The van der Waals surface area contributed by atoms with Crippen LogP contribution in [0.2, 0.25) is 0 Å². The fraction of sp³-hybridized carbons (Fsp3) is 0.900. The van der Waals surface area contributed by atoms with Crippen molar-refractivity contribution in [1.29, 1.82) is 0 Å². The minimum Gasteiger partial charge on any atom is -0.264 e. The minimum atomic E-state index is -4.34. The fourth-order valence-electron chi connectivity index (χ4n) is 2.93. The molecule has 25 heavy (non-hydrogen) atoms. The standard InChI is InChI=1S/C20H40O4S/c1-3-5-7-9-11-13-15-17-20(19-24-25(21,22)23)18-16-14-12-10-8-6-4-2/h15,17,20H,3-14,16,18-19H2,1-2H3,(H,21,22,23)/b17-15+. The molecule has 0 saturated heterocycles. The highest BCUT2D eigenvalue weighted by molar-refractivity contribution is 7.80. The average Bonchev–Trinajstić information content (AvgIpc) is 2.56. The first-order valence-corrected chi connectivity index (χ1v) is 11.6. The third-order valence-corrected chi connectivity index (χ3v) is 4.93. The zero-order chi connectivity index (χ0) is 18.8. The molecule has 1 N–H and O–H groups in total. The van der Waals surface area contributed by atoms with E-state index in [1.54, 1.807) is 0 Å². The molecule has 5 heteroatoms. The van der Waals surface area contributed by atoms with Gasteiger partial charge in [-0.25, -0.2) is 4.18 Å². The Morgan fingerprint density at radius 1 is 0.840 bits per heavy atom. The lowest BCUT2D eigenvalue weighted by Gasteiger charge is -2.12. The van der Waals surface area contributed by atoms with E-state index >= 15 is 0 Å². The molecule has 0 fully saturated rings. The van der Waals surface area contributed by atoms with Crippen molar-refractivity contribution in [3.8, 4) is 0 Å². The van der Waals surface area contributed by atoms with Crippen LogP contribution in [0.4, 0.5) is 0 Å². The molecule has 150 valence electrons. The van der Waals surface area contributed by atoms with Crippen LogP contribution in [0.3, 0.4) is 0 Å². The molecule has 0 aliphatic carbocycles. The van der Waals surface area contributed by atoms with Crippen molar-refractivity contribution in [3.05, 3.63) is 12.2 Å². The van der Waals surface area contributed by atoms with Crippen molar-refractivity contribution < 1.29 is 17.2 Å². The Hall–Kier alpha value is -0.390. The first kappa shape index (κ1) is 24.6. The normalized spacial score (nSPS) is 13.6. The number of rotatable bonds is 18. The topological polar surface area (TPSA) is 63.6 Å². The largest absolute Gasteiger partial charge is 0.397 e. The molecule has 0 radical (unpaired) electrons. The van der Waals surface area contributed by atoms with Gasteiger partial charge in [-0.15, -0.1) is 0 Å².